The molecule has 2 N–H and O–H groups in total. The molecule has 0 saturated carbocycles. The number of hydrogen-bond acceptors (Lipinski definition) is 7. The molecule has 2 aliphatic heterocycles. The van der Waals surface area contributed by atoms with Gasteiger partial charge in [-0.05, 0) is 35.4 Å². The van der Waals surface area contributed by atoms with Gasteiger partial charge in [0, 0.05) is 11.3 Å². The summed E-state index contributed by atoms with van der Waals surface area (Å²) in [7, 11) is 1.58. The number of nitrogens with two attached hydrogens (primary N) is 1. The summed E-state index contributed by atoms with van der Waals surface area (Å²) in [4.78, 5) is 26.9. The Labute approximate surface area is 178 Å². The second kappa shape index (κ2) is 8.22. The number of benzene rings is 2. The van der Waals surface area contributed by atoms with Crippen LogP contribution in [0.15, 0.2) is 54.2 Å². The maximum absolute atomic E-state index is 13.0. The van der Waals surface area contributed by atoms with Crippen molar-refractivity contribution in [2.24, 2.45) is 5.73 Å². The SMILES string of the molecule is COc1ccc(COC(=O)C2=C(c3ccc(C#N)cc3)CS[C@H]3[C@@H](N)C(=O)N23)cc1. The zero-order valence-corrected chi connectivity index (χ0v) is 17.0. The van der Waals surface area contributed by atoms with E-state index in [-0.39, 0.29) is 23.6 Å². The van der Waals surface area contributed by atoms with Crippen molar-refractivity contribution in [2.75, 3.05) is 12.9 Å². The summed E-state index contributed by atoms with van der Waals surface area (Å²) in [6.07, 6.45) is 0. The van der Waals surface area contributed by atoms with Crippen molar-refractivity contribution < 1.29 is 19.1 Å². The van der Waals surface area contributed by atoms with E-state index in [1.54, 1.807) is 43.5 Å². The van der Waals surface area contributed by atoms with Crippen LogP contribution in [0, 0.1) is 11.3 Å². The lowest BCUT2D eigenvalue weighted by Crippen LogP contribution is -2.68. The number of carbonyl (C=O) groups excluding carboxylic acids is 2. The highest BCUT2D eigenvalue weighted by Gasteiger charge is 2.52. The van der Waals surface area contributed by atoms with Crippen LogP contribution < -0.4 is 10.5 Å². The number of rotatable bonds is 5. The van der Waals surface area contributed by atoms with Crippen LogP contribution in [-0.4, -0.2) is 41.1 Å². The van der Waals surface area contributed by atoms with Crippen LogP contribution in [0.2, 0.25) is 0 Å². The van der Waals surface area contributed by atoms with E-state index in [2.05, 4.69) is 6.07 Å². The highest BCUT2D eigenvalue weighted by molar-refractivity contribution is 8.00. The number of ether oxygens (including phenoxy) is 2. The number of nitrogens with zero attached hydrogens (tertiary/aromatic N) is 2. The van der Waals surface area contributed by atoms with Gasteiger partial charge < -0.3 is 15.2 Å². The van der Waals surface area contributed by atoms with Crippen molar-refractivity contribution in [2.45, 2.75) is 18.0 Å². The lowest BCUT2D eigenvalue weighted by molar-refractivity contribution is -0.151. The van der Waals surface area contributed by atoms with Gasteiger partial charge in [0.15, 0.2) is 0 Å². The van der Waals surface area contributed by atoms with E-state index in [9.17, 15) is 9.59 Å². The Morgan fingerprint density at radius 1 is 1.23 bits per heavy atom. The topological polar surface area (TPSA) is 106 Å². The Morgan fingerprint density at radius 2 is 1.93 bits per heavy atom. The predicted octanol–water partition coefficient (Wildman–Crippen LogP) is 2.26. The molecule has 30 heavy (non-hydrogen) atoms. The lowest BCUT2D eigenvalue weighted by atomic mass is 9.98. The van der Waals surface area contributed by atoms with Gasteiger partial charge in [0.2, 0.25) is 5.91 Å². The van der Waals surface area contributed by atoms with E-state index in [4.69, 9.17) is 20.5 Å². The summed E-state index contributed by atoms with van der Waals surface area (Å²) in [5.74, 6) is 0.356. The van der Waals surface area contributed by atoms with Gasteiger partial charge in [-0.3, -0.25) is 9.69 Å². The van der Waals surface area contributed by atoms with Crippen molar-refractivity contribution in [1.82, 2.24) is 4.90 Å². The Bertz CT molecular complexity index is 1060. The Morgan fingerprint density at radius 3 is 2.57 bits per heavy atom. The van der Waals surface area contributed by atoms with Gasteiger partial charge in [-0.1, -0.05) is 24.3 Å². The molecule has 0 radical (unpaired) electrons. The summed E-state index contributed by atoms with van der Waals surface area (Å²) in [6, 6.07) is 15.6. The van der Waals surface area contributed by atoms with Gasteiger partial charge in [-0.2, -0.15) is 5.26 Å². The Hall–Kier alpha value is -3.28. The van der Waals surface area contributed by atoms with Crippen molar-refractivity contribution >= 4 is 29.2 Å². The highest BCUT2D eigenvalue weighted by atomic mass is 32.2. The predicted molar refractivity (Wildman–Crippen MR) is 112 cm³/mol. The molecule has 0 aromatic heterocycles. The largest absolute Gasteiger partial charge is 0.497 e. The average molecular weight is 421 g/mol. The first-order chi connectivity index (χ1) is 14.5. The zero-order chi connectivity index (χ0) is 21.3. The van der Waals surface area contributed by atoms with Crippen LogP contribution in [-0.2, 0) is 20.9 Å². The van der Waals surface area contributed by atoms with Crippen LogP contribution in [0.4, 0.5) is 0 Å². The van der Waals surface area contributed by atoms with Gasteiger partial charge in [-0.15, -0.1) is 11.8 Å². The molecular weight excluding hydrogens is 402 g/mol. The fraction of sp³-hybridized carbons (Fsp3) is 0.227. The minimum Gasteiger partial charge on any atom is -0.497 e. The standard InChI is InChI=1S/C22H19N3O4S/c1-28-16-8-4-14(5-9-16)11-29-22(27)19-17(15-6-2-13(10-23)3-7-15)12-30-21-18(24)20(26)25(19)21/h2-9,18,21H,11-12,24H2,1H3/t18-,21-/m0/s1. The van der Waals surface area contributed by atoms with Crippen molar-refractivity contribution in [3.05, 3.63) is 70.9 Å². The van der Waals surface area contributed by atoms with Crippen LogP contribution >= 0.6 is 11.8 Å². The normalized spacial score (nSPS) is 20.2. The molecule has 2 heterocycles. The van der Waals surface area contributed by atoms with Crippen molar-refractivity contribution in [3.8, 4) is 11.8 Å². The highest BCUT2D eigenvalue weighted by Crippen LogP contribution is 2.43. The summed E-state index contributed by atoms with van der Waals surface area (Å²) < 4.78 is 10.7. The lowest BCUT2D eigenvalue weighted by Gasteiger charge is -2.48. The average Bonchev–Trinajstić information content (AvgIpc) is 2.81. The van der Waals surface area contributed by atoms with E-state index >= 15 is 0 Å². The number of thioether (sulfide) groups is 1. The van der Waals surface area contributed by atoms with Crippen LogP contribution in [0.1, 0.15) is 16.7 Å². The third-order valence-electron chi connectivity index (χ3n) is 5.09. The molecule has 8 heteroatoms. The molecule has 2 aromatic rings. The molecule has 0 spiro atoms. The molecule has 1 fully saturated rings. The third-order valence-corrected chi connectivity index (χ3v) is 6.40. The fourth-order valence-electron chi connectivity index (χ4n) is 3.41. The van der Waals surface area contributed by atoms with Crippen LogP contribution in [0.5, 0.6) is 5.75 Å². The van der Waals surface area contributed by atoms with E-state index in [0.717, 1.165) is 11.1 Å². The summed E-state index contributed by atoms with van der Waals surface area (Å²) in [6.45, 7) is 0.0683. The molecule has 152 valence electrons. The van der Waals surface area contributed by atoms with E-state index < -0.39 is 12.0 Å². The smallest absolute Gasteiger partial charge is 0.355 e. The van der Waals surface area contributed by atoms with Crippen LogP contribution in [0.3, 0.4) is 0 Å². The Balaban J connectivity index is 1.63. The molecule has 0 unspecified atom stereocenters. The molecule has 4 rings (SSSR count). The number of β-lactam (4-membered cyclic amide) rings is 1. The maximum Gasteiger partial charge on any atom is 0.355 e. The monoisotopic (exact) mass is 421 g/mol. The zero-order valence-electron chi connectivity index (χ0n) is 16.2. The fourth-order valence-corrected chi connectivity index (χ4v) is 4.73. The van der Waals surface area contributed by atoms with Gasteiger partial charge in [0.25, 0.3) is 0 Å². The van der Waals surface area contributed by atoms with Gasteiger partial charge in [0.1, 0.15) is 29.5 Å². The van der Waals surface area contributed by atoms with Gasteiger partial charge >= 0.3 is 5.97 Å². The molecule has 7 nitrogen and oxygen atoms in total. The maximum atomic E-state index is 13.0. The van der Waals surface area contributed by atoms with E-state index in [1.165, 1.54) is 16.7 Å². The van der Waals surface area contributed by atoms with Gasteiger partial charge in [0.05, 0.1) is 18.7 Å². The molecular formula is C22H19N3O4S. The summed E-state index contributed by atoms with van der Waals surface area (Å²) >= 11 is 1.51. The summed E-state index contributed by atoms with van der Waals surface area (Å²) in [5, 5.41) is 8.75. The molecule has 2 atom stereocenters. The van der Waals surface area contributed by atoms with Crippen molar-refractivity contribution in [3.63, 3.8) is 0 Å². The molecule has 0 aliphatic carbocycles. The second-order valence-electron chi connectivity index (χ2n) is 6.88. The van der Waals surface area contributed by atoms with Crippen molar-refractivity contribution in [1.29, 1.82) is 5.26 Å². The number of amides is 1. The first-order valence-corrected chi connectivity index (χ1v) is 10.3. The third kappa shape index (κ3) is 3.54. The minimum absolute atomic E-state index is 0.0683. The van der Waals surface area contributed by atoms with E-state index in [0.29, 0.717) is 22.6 Å². The Kier molecular flexibility index (Phi) is 5.48. The molecule has 2 aliphatic rings. The van der Waals surface area contributed by atoms with Gasteiger partial charge in [-0.25, -0.2) is 4.79 Å². The van der Waals surface area contributed by atoms with Crippen LogP contribution in [0.25, 0.3) is 5.57 Å². The van der Waals surface area contributed by atoms with E-state index in [1.807, 2.05) is 12.1 Å². The molecule has 1 amide bonds. The second-order valence-corrected chi connectivity index (χ2v) is 7.98. The first kappa shape index (κ1) is 20.0. The molecule has 0 bridgehead atoms. The molecule has 2 aromatic carbocycles. The number of methoxy groups -OCH3 is 1. The number of carbonyl (C=O) groups is 2. The molecule has 1 saturated heterocycles. The number of hydrogen-bond donors (Lipinski definition) is 1. The minimum atomic E-state index is -0.623. The number of nitriles is 1. The first-order valence-electron chi connectivity index (χ1n) is 9.27. The number of fused-ring (bicyclic) bond motifs is 1. The summed E-state index contributed by atoms with van der Waals surface area (Å²) in [5.41, 5.74) is 8.93. The quantitative estimate of drug-likeness (QED) is 0.583. The number of esters is 1.